The average molecular weight is 272 g/mol. The minimum Gasteiger partial charge on any atom is -0.422 e. The topological polar surface area (TPSA) is 78.4 Å². The highest BCUT2D eigenvalue weighted by molar-refractivity contribution is 5.94. The summed E-state index contributed by atoms with van der Waals surface area (Å²) in [5.41, 5.74) is 3.97. The van der Waals surface area contributed by atoms with E-state index in [0.717, 1.165) is 18.3 Å². The van der Waals surface area contributed by atoms with Crippen LogP contribution in [0.5, 0.6) is 5.75 Å². The molecular formula is C11H7F3N2O3. The zero-order valence-electron chi connectivity index (χ0n) is 9.27. The molecule has 0 saturated carbocycles. The number of hydrogen-bond donors (Lipinski definition) is 1. The van der Waals surface area contributed by atoms with Gasteiger partial charge in [-0.3, -0.25) is 0 Å². The van der Waals surface area contributed by atoms with E-state index < -0.39 is 23.5 Å². The first-order chi connectivity index (χ1) is 8.89. The number of carbonyl (C=O) groups excluding carboxylic acids is 1. The third kappa shape index (κ3) is 2.67. The maximum Gasteiger partial charge on any atom is 0.419 e. The predicted molar refractivity (Wildman–Crippen MR) is 57.3 cm³/mol. The van der Waals surface area contributed by atoms with E-state index in [0.29, 0.717) is 0 Å². The predicted octanol–water partition coefficient (Wildman–Crippen LogP) is 2.49. The number of para-hydroxylation sites is 1. The van der Waals surface area contributed by atoms with E-state index in [1.54, 1.807) is 0 Å². The molecule has 0 unspecified atom stereocenters. The monoisotopic (exact) mass is 272 g/mol. The highest BCUT2D eigenvalue weighted by Gasteiger charge is 2.35. The van der Waals surface area contributed by atoms with Crippen molar-refractivity contribution in [1.82, 2.24) is 5.16 Å². The molecule has 0 bridgehead atoms. The van der Waals surface area contributed by atoms with E-state index in [1.807, 2.05) is 0 Å². The molecule has 8 heteroatoms. The summed E-state index contributed by atoms with van der Waals surface area (Å²) in [6.07, 6.45) is -3.66. The first-order valence-corrected chi connectivity index (χ1v) is 4.98. The Hall–Kier alpha value is -2.51. The minimum atomic E-state index is -4.63. The second-order valence-corrected chi connectivity index (χ2v) is 3.49. The number of aromatic nitrogens is 1. The summed E-state index contributed by atoms with van der Waals surface area (Å²) in [5, 5.41) is 3.23. The van der Waals surface area contributed by atoms with Crippen LogP contribution in [-0.2, 0) is 6.18 Å². The highest BCUT2D eigenvalue weighted by Crippen LogP contribution is 2.36. The van der Waals surface area contributed by atoms with Gasteiger partial charge in [0, 0.05) is 0 Å². The Bertz CT molecular complexity index is 607. The van der Waals surface area contributed by atoms with Crippen LogP contribution in [0.2, 0.25) is 0 Å². The van der Waals surface area contributed by atoms with Crippen LogP contribution < -0.4 is 10.5 Å². The molecular weight excluding hydrogens is 265 g/mol. The summed E-state index contributed by atoms with van der Waals surface area (Å²) in [5.74, 6) is -2.01. The number of benzene rings is 1. The van der Waals surface area contributed by atoms with Crippen molar-refractivity contribution in [1.29, 1.82) is 0 Å². The maximum atomic E-state index is 12.7. The molecule has 0 aliphatic rings. The number of esters is 1. The molecule has 0 aliphatic heterocycles. The lowest BCUT2D eigenvalue weighted by Crippen LogP contribution is -2.14. The van der Waals surface area contributed by atoms with Crippen molar-refractivity contribution in [3.8, 4) is 5.75 Å². The number of nitrogen functional groups attached to an aromatic ring is 1. The minimum absolute atomic E-state index is 0.239. The van der Waals surface area contributed by atoms with Crippen LogP contribution in [0.4, 0.5) is 19.1 Å². The molecule has 0 fully saturated rings. The van der Waals surface area contributed by atoms with E-state index in [2.05, 4.69) is 14.4 Å². The number of hydrogen-bond acceptors (Lipinski definition) is 5. The molecule has 0 spiro atoms. The molecule has 1 heterocycles. The molecule has 0 aliphatic carbocycles. The highest BCUT2D eigenvalue weighted by atomic mass is 19.4. The van der Waals surface area contributed by atoms with Crippen LogP contribution in [-0.4, -0.2) is 11.1 Å². The van der Waals surface area contributed by atoms with Crippen LogP contribution in [0.3, 0.4) is 0 Å². The van der Waals surface area contributed by atoms with Gasteiger partial charge in [-0.1, -0.05) is 17.3 Å². The molecule has 2 N–H and O–H groups in total. The second kappa shape index (κ2) is 4.63. The lowest BCUT2D eigenvalue weighted by molar-refractivity contribution is -0.138. The molecule has 0 radical (unpaired) electrons. The van der Waals surface area contributed by atoms with Crippen LogP contribution in [0.1, 0.15) is 15.9 Å². The molecule has 1 aromatic carbocycles. The Morgan fingerprint density at radius 2 is 2.00 bits per heavy atom. The smallest absolute Gasteiger partial charge is 0.419 e. The van der Waals surface area contributed by atoms with Gasteiger partial charge in [0.1, 0.15) is 11.3 Å². The van der Waals surface area contributed by atoms with Crippen molar-refractivity contribution < 1.29 is 27.2 Å². The van der Waals surface area contributed by atoms with Gasteiger partial charge in [-0.2, -0.15) is 13.2 Å². The zero-order chi connectivity index (χ0) is 14.0. The Morgan fingerprint density at radius 3 is 2.58 bits per heavy atom. The average Bonchev–Trinajstić information content (AvgIpc) is 2.75. The van der Waals surface area contributed by atoms with Crippen molar-refractivity contribution in [2.24, 2.45) is 0 Å². The van der Waals surface area contributed by atoms with Crippen LogP contribution >= 0.6 is 0 Å². The lowest BCUT2D eigenvalue weighted by Gasteiger charge is -2.11. The van der Waals surface area contributed by atoms with Gasteiger partial charge in [0.25, 0.3) is 0 Å². The normalized spacial score (nSPS) is 11.3. The SMILES string of the molecule is Nc1oncc1C(=O)Oc1ccccc1C(F)(F)F. The fraction of sp³-hybridized carbons (Fsp3) is 0.0909. The number of alkyl halides is 3. The fourth-order valence-corrected chi connectivity index (χ4v) is 1.35. The van der Waals surface area contributed by atoms with Crippen LogP contribution in [0.25, 0.3) is 0 Å². The number of ether oxygens (including phenoxy) is 1. The summed E-state index contributed by atoms with van der Waals surface area (Å²) in [4.78, 5) is 11.6. The molecule has 100 valence electrons. The lowest BCUT2D eigenvalue weighted by atomic mass is 10.2. The molecule has 0 amide bonds. The summed E-state index contributed by atoms with van der Waals surface area (Å²) in [6, 6.07) is 4.34. The molecule has 0 atom stereocenters. The Kier molecular flexibility index (Phi) is 3.16. The van der Waals surface area contributed by atoms with Gasteiger partial charge >= 0.3 is 12.1 Å². The van der Waals surface area contributed by atoms with Crippen molar-refractivity contribution in [3.05, 3.63) is 41.6 Å². The molecule has 0 saturated heterocycles. The number of anilines is 1. The van der Waals surface area contributed by atoms with Gasteiger partial charge in [0.05, 0.1) is 11.8 Å². The van der Waals surface area contributed by atoms with Gasteiger partial charge in [0.2, 0.25) is 5.88 Å². The summed E-state index contributed by atoms with van der Waals surface area (Å²) in [6.45, 7) is 0. The van der Waals surface area contributed by atoms with Crippen molar-refractivity contribution >= 4 is 11.9 Å². The van der Waals surface area contributed by atoms with Crippen molar-refractivity contribution in [2.45, 2.75) is 6.18 Å². The first-order valence-electron chi connectivity index (χ1n) is 4.98. The Balaban J connectivity index is 2.30. The maximum absolute atomic E-state index is 12.7. The van der Waals surface area contributed by atoms with Gasteiger partial charge in [-0.15, -0.1) is 0 Å². The third-order valence-electron chi connectivity index (χ3n) is 2.21. The molecule has 1 aromatic heterocycles. The van der Waals surface area contributed by atoms with E-state index in [9.17, 15) is 18.0 Å². The number of carbonyl (C=O) groups is 1. The Morgan fingerprint density at radius 1 is 1.32 bits per heavy atom. The van der Waals surface area contributed by atoms with E-state index >= 15 is 0 Å². The van der Waals surface area contributed by atoms with Crippen molar-refractivity contribution in [2.75, 3.05) is 5.73 Å². The van der Waals surface area contributed by atoms with E-state index in [4.69, 9.17) is 5.73 Å². The second-order valence-electron chi connectivity index (χ2n) is 3.49. The Labute approximate surface area is 104 Å². The van der Waals surface area contributed by atoms with Gasteiger partial charge in [-0.05, 0) is 12.1 Å². The van der Waals surface area contributed by atoms with Gasteiger partial charge < -0.3 is 15.0 Å². The summed E-state index contributed by atoms with van der Waals surface area (Å²) >= 11 is 0. The van der Waals surface area contributed by atoms with E-state index in [-0.39, 0.29) is 11.4 Å². The number of nitrogens with two attached hydrogens (primary N) is 1. The molecule has 5 nitrogen and oxygen atoms in total. The zero-order valence-corrected chi connectivity index (χ0v) is 9.27. The van der Waals surface area contributed by atoms with Crippen molar-refractivity contribution in [3.63, 3.8) is 0 Å². The molecule has 2 rings (SSSR count). The number of nitrogens with zero attached hydrogens (tertiary/aromatic N) is 1. The first kappa shape index (κ1) is 12.9. The number of halogens is 3. The van der Waals surface area contributed by atoms with Gasteiger partial charge in [0.15, 0.2) is 0 Å². The van der Waals surface area contributed by atoms with Gasteiger partial charge in [-0.25, -0.2) is 4.79 Å². The fourth-order valence-electron chi connectivity index (χ4n) is 1.35. The van der Waals surface area contributed by atoms with Crippen LogP contribution in [0, 0.1) is 0 Å². The molecule has 2 aromatic rings. The van der Waals surface area contributed by atoms with E-state index in [1.165, 1.54) is 12.1 Å². The largest absolute Gasteiger partial charge is 0.422 e. The number of rotatable bonds is 2. The van der Waals surface area contributed by atoms with Crippen LogP contribution in [0.15, 0.2) is 35.0 Å². The standard InChI is InChI=1S/C11H7F3N2O3/c12-11(13,14)7-3-1-2-4-8(7)18-10(17)6-5-16-19-9(6)15/h1-5H,15H2. The summed E-state index contributed by atoms with van der Waals surface area (Å²) < 4.78 is 47.1. The summed E-state index contributed by atoms with van der Waals surface area (Å²) in [7, 11) is 0. The third-order valence-corrected chi connectivity index (χ3v) is 2.21. The molecule has 19 heavy (non-hydrogen) atoms. The quantitative estimate of drug-likeness (QED) is 0.671.